The molecule has 0 aliphatic heterocycles. The molecule has 2 heterocycles. The van der Waals surface area contributed by atoms with Gasteiger partial charge in [-0.25, -0.2) is 15.0 Å². The molecule has 16 heavy (non-hydrogen) atoms. The lowest BCUT2D eigenvalue weighted by molar-refractivity contribution is 0.401. The van der Waals surface area contributed by atoms with Crippen molar-refractivity contribution in [2.45, 2.75) is 25.2 Å². The van der Waals surface area contributed by atoms with Gasteiger partial charge in [-0.05, 0) is 28.8 Å². The quantitative estimate of drug-likeness (QED) is 0.849. The van der Waals surface area contributed by atoms with Gasteiger partial charge in [0.25, 0.3) is 0 Å². The van der Waals surface area contributed by atoms with Gasteiger partial charge in [0.05, 0.1) is 4.88 Å². The summed E-state index contributed by atoms with van der Waals surface area (Å²) in [7, 11) is 0. The normalized spacial score (nSPS) is 16.1. The van der Waals surface area contributed by atoms with Crippen LogP contribution in [0.5, 0.6) is 0 Å². The third-order valence-electron chi connectivity index (χ3n) is 2.90. The second-order valence-corrected chi connectivity index (χ2v) is 6.24. The molecule has 0 saturated heterocycles. The minimum atomic E-state index is 0.599. The van der Waals surface area contributed by atoms with E-state index in [9.17, 15) is 0 Å². The Bertz CT molecular complexity index is 490. The Morgan fingerprint density at radius 2 is 1.88 bits per heavy atom. The van der Waals surface area contributed by atoms with Crippen molar-refractivity contribution in [3.05, 3.63) is 28.3 Å². The van der Waals surface area contributed by atoms with Crippen molar-refractivity contribution >= 4 is 27.3 Å². The maximum absolute atomic E-state index is 4.44. The molecule has 0 N–H and O–H groups in total. The van der Waals surface area contributed by atoms with E-state index in [2.05, 4.69) is 30.9 Å². The van der Waals surface area contributed by atoms with Crippen LogP contribution in [0.2, 0.25) is 0 Å². The Morgan fingerprint density at radius 3 is 2.38 bits per heavy atom. The number of thiazole rings is 1. The molecule has 3 rings (SSSR count). The summed E-state index contributed by atoms with van der Waals surface area (Å²) in [5.41, 5.74) is 1.05. The van der Waals surface area contributed by atoms with E-state index in [1.165, 1.54) is 19.3 Å². The van der Waals surface area contributed by atoms with Crippen LogP contribution >= 0.6 is 27.3 Å². The summed E-state index contributed by atoms with van der Waals surface area (Å²) < 4.78 is 0.894. The van der Waals surface area contributed by atoms with Crippen molar-refractivity contribution in [1.29, 1.82) is 0 Å². The lowest BCUT2D eigenvalue weighted by atomic mass is 9.85. The first-order valence-electron chi connectivity index (χ1n) is 5.26. The van der Waals surface area contributed by atoms with Crippen LogP contribution in [0.4, 0.5) is 0 Å². The first-order valence-corrected chi connectivity index (χ1v) is 6.87. The molecule has 5 heteroatoms. The number of halogens is 1. The van der Waals surface area contributed by atoms with Gasteiger partial charge >= 0.3 is 0 Å². The molecule has 1 aliphatic carbocycles. The van der Waals surface area contributed by atoms with Crippen LogP contribution < -0.4 is 0 Å². The predicted octanol–water partition coefficient (Wildman–Crippen LogP) is 3.63. The number of hydrogen-bond donors (Lipinski definition) is 0. The summed E-state index contributed by atoms with van der Waals surface area (Å²) in [4.78, 5) is 14.1. The van der Waals surface area contributed by atoms with E-state index in [4.69, 9.17) is 0 Å². The van der Waals surface area contributed by atoms with Crippen molar-refractivity contribution in [1.82, 2.24) is 15.0 Å². The highest BCUT2D eigenvalue weighted by Gasteiger charge is 2.21. The number of rotatable bonds is 2. The fraction of sp³-hybridized carbons (Fsp3) is 0.364. The molecule has 1 fully saturated rings. The van der Waals surface area contributed by atoms with E-state index in [1.807, 2.05) is 18.6 Å². The third kappa shape index (κ3) is 1.89. The van der Waals surface area contributed by atoms with Crippen LogP contribution in [0.25, 0.3) is 10.4 Å². The molecule has 82 valence electrons. The summed E-state index contributed by atoms with van der Waals surface area (Å²) in [6, 6.07) is 0. The predicted molar refractivity (Wildman–Crippen MR) is 67.4 cm³/mol. The van der Waals surface area contributed by atoms with Crippen LogP contribution in [0.1, 0.15) is 31.0 Å². The first-order chi connectivity index (χ1) is 7.83. The molecule has 1 saturated carbocycles. The van der Waals surface area contributed by atoms with E-state index in [0.29, 0.717) is 5.92 Å². The zero-order chi connectivity index (χ0) is 11.0. The lowest BCUT2D eigenvalue weighted by Crippen LogP contribution is -2.12. The second kappa shape index (κ2) is 4.22. The van der Waals surface area contributed by atoms with Crippen molar-refractivity contribution in [2.24, 2.45) is 0 Å². The van der Waals surface area contributed by atoms with Gasteiger partial charge < -0.3 is 0 Å². The molecule has 0 bridgehead atoms. The van der Waals surface area contributed by atoms with Gasteiger partial charge in [0, 0.05) is 30.1 Å². The third-order valence-corrected chi connectivity index (χ3v) is 4.43. The molecule has 1 aliphatic rings. The summed E-state index contributed by atoms with van der Waals surface area (Å²) >= 11 is 4.95. The molecule has 0 unspecified atom stereocenters. The lowest BCUT2D eigenvalue weighted by Gasteiger charge is -2.23. The molecular formula is C11H10BrN3S. The first kappa shape index (κ1) is 10.4. The summed E-state index contributed by atoms with van der Waals surface area (Å²) in [5.74, 6) is 1.60. The standard InChI is InChI=1S/C11H10BrN3S/c12-11-15-6-9(16-11)8-4-13-10(14-5-8)7-2-1-3-7/h4-7H,1-3H2. The molecule has 0 aromatic carbocycles. The van der Waals surface area contributed by atoms with Crippen LogP contribution in [-0.2, 0) is 0 Å². The Balaban J connectivity index is 1.86. The van der Waals surface area contributed by atoms with E-state index in [0.717, 1.165) is 20.2 Å². The highest BCUT2D eigenvalue weighted by Crippen LogP contribution is 2.35. The molecule has 0 atom stereocenters. The molecule has 0 amide bonds. The number of hydrogen-bond acceptors (Lipinski definition) is 4. The van der Waals surface area contributed by atoms with E-state index >= 15 is 0 Å². The monoisotopic (exact) mass is 295 g/mol. The molecular weight excluding hydrogens is 286 g/mol. The summed E-state index contributed by atoms with van der Waals surface area (Å²) in [6.45, 7) is 0. The molecule has 0 spiro atoms. The van der Waals surface area contributed by atoms with Crippen molar-refractivity contribution in [3.8, 4) is 10.4 Å². The van der Waals surface area contributed by atoms with E-state index in [1.54, 1.807) is 11.3 Å². The summed E-state index contributed by atoms with van der Waals surface area (Å²) in [6.07, 6.45) is 9.45. The SMILES string of the molecule is Brc1ncc(-c2cnc(C3CCC3)nc2)s1. The molecule has 3 nitrogen and oxygen atoms in total. The average molecular weight is 296 g/mol. The fourth-order valence-corrected chi connectivity index (χ4v) is 2.97. The number of nitrogens with zero attached hydrogens (tertiary/aromatic N) is 3. The van der Waals surface area contributed by atoms with Gasteiger partial charge in [-0.3, -0.25) is 0 Å². The van der Waals surface area contributed by atoms with Crippen LogP contribution in [0, 0.1) is 0 Å². The molecule has 2 aromatic heterocycles. The van der Waals surface area contributed by atoms with Gasteiger partial charge in [0.15, 0.2) is 3.92 Å². The van der Waals surface area contributed by atoms with E-state index < -0.39 is 0 Å². The maximum Gasteiger partial charge on any atom is 0.159 e. The second-order valence-electron chi connectivity index (χ2n) is 3.94. The Labute approximate surface area is 106 Å². The fourth-order valence-electron chi connectivity index (χ4n) is 1.73. The summed E-state index contributed by atoms with van der Waals surface area (Å²) in [5, 5.41) is 0. The van der Waals surface area contributed by atoms with Crippen molar-refractivity contribution < 1.29 is 0 Å². The Hall–Kier alpha value is -0.810. The van der Waals surface area contributed by atoms with Gasteiger partial charge in [-0.15, -0.1) is 11.3 Å². The van der Waals surface area contributed by atoms with Gasteiger partial charge in [0.1, 0.15) is 5.82 Å². The van der Waals surface area contributed by atoms with Crippen LogP contribution in [-0.4, -0.2) is 15.0 Å². The number of aromatic nitrogens is 3. The zero-order valence-corrected chi connectivity index (χ0v) is 11.0. The van der Waals surface area contributed by atoms with Crippen LogP contribution in [0.3, 0.4) is 0 Å². The van der Waals surface area contributed by atoms with Gasteiger partial charge in [0.2, 0.25) is 0 Å². The average Bonchev–Trinajstić information content (AvgIpc) is 2.63. The molecule has 0 radical (unpaired) electrons. The van der Waals surface area contributed by atoms with E-state index in [-0.39, 0.29) is 0 Å². The Kier molecular flexibility index (Phi) is 2.73. The molecule has 2 aromatic rings. The largest absolute Gasteiger partial charge is 0.240 e. The highest BCUT2D eigenvalue weighted by molar-refractivity contribution is 9.11. The van der Waals surface area contributed by atoms with Gasteiger partial charge in [-0.2, -0.15) is 0 Å². The zero-order valence-electron chi connectivity index (χ0n) is 8.56. The topological polar surface area (TPSA) is 38.7 Å². The highest BCUT2D eigenvalue weighted by atomic mass is 79.9. The smallest absolute Gasteiger partial charge is 0.159 e. The van der Waals surface area contributed by atoms with Crippen LogP contribution in [0.15, 0.2) is 22.5 Å². The maximum atomic E-state index is 4.44. The van der Waals surface area contributed by atoms with Crippen molar-refractivity contribution in [2.75, 3.05) is 0 Å². The van der Waals surface area contributed by atoms with Gasteiger partial charge in [-0.1, -0.05) is 6.42 Å². The Morgan fingerprint density at radius 1 is 1.12 bits per heavy atom. The minimum absolute atomic E-state index is 0.599. The minimum Gasteiger partial charge on any atom is -0.240 e. The van der Waals surface area contributed by atoms with Crippen molar-refractivity contribution in [3.63, 3.8) is 0 Å².